The molecule has 0 aromatic carbocycles. The molecule has 0 radical (unpaired) electrons. The average Bonchev–Trinajstić information content (AvgIpc) is 2.68. The Bertz CT molecular complexity index is 403. The first-order valence-electron chi connectivity index (χ1n) is 6.55. The van der Waals surface area contributed by atoms with E-state index in [0.29, 0.717) is 10.0 Å². The van der Waals surface area contributed by atoms with Gasteiger partial charge in [0.1, 0.15) is 4.88 Å². The molecule has 0 fully saturated rings. The molecule has 1 heterocycles. The topological polar surface area (TPSA) is 59.2 Å². The van der Waals surface area contributed by atoms with E-state index in [2.05, 4.69) is 25.8 Å². The lowest BCUT2D eigenvalue weighted by Crippen LogP contribution is -2.39. The number of thiazole rings is 1. The summed E-state index contributed by atoms with van der Waals surface area (Å²) >= 11 is 1.29. The Kier molecular flexibility index (Phi) is 5.59. The van der Waals surface area contributed by atoms with Crippen LogP contribution in [0, 0.1) is 6.92 Å². The van der Waals surface area contributed by atoms with Crippen molar-refractivity contribution in [3.8, 4) is 0 Å². The number of nitrogen functional groups attached to an aromatic ring is 1. The molecule has 102 valence electrons. The van der Waals surface area contributed by atoms with Crippen LogP contribution in [-0.2, 0) is 0 Å². The number of rotatable bonds is 6. The van der Waals surface area contributed by atoms with Crippen molar-refractivity contribution in [2.45, 2.75) is 53.0 Å². The third-order valence-corrected chi connectivity index (χ3v) is 4.12. The highest BCUT2D eigenvalue weighted by atomic mass is 32.1. The van der Waals surface area contributed by atoms with E-state index < -0.39 is 0 Å². The van der Waals surface area contributed by atoms with E-state index in [1.54, 1.807) is 0 Å². The smallest absolute Gasteiger partial charge is 0.266 e. The summed E-state index contributed by atoms with van der Waals surface area (Å²) in [6, 6.07) is 0.256. The lowest BCUT2D eigenvalue weighted by molar-refractivity contribution is 0.0689. The molecule has 1 rings (SSSR count). The second-order valence-electron chi connectivity index (χ2n) is 4.58. The van der Waals surface area contributed by atoms with E-state index in [4.69, 9.17) is 5.73 Å². The van der Waals surface area contributed by atoms with E-state index >= 15 is 0 Å². The van der Waals surface area contributed by atoms with Crippen LogP contribution in [0.1, 0.15) is 55.4 Å². The first kappa shape index (κ1) is 15.0. The molecule has 0 spiro atoms. The molecule has 0 saturated heterocycles. The monoisotopic (exact) mass is 269 g/mol. The number of aromatic nitrogens is 1. The molecular formula is C13H23N3OS. The zero-order chi connectivity index (χ0) is 13.7. The van der Waals surface area contributed by atoms with Crippen molar-refractivity contribution >= 4 is 22.4 Å². The minimum Gasteiger partial charge on any atom is -0.375 e. The lowest BCUT2D eigenvalue weighted by Gasteiger charge is -2.28. The summed E-state index contributed by atoms with van der Waals surface area (Å²) in [7, 11) is 0. The van der Waals surface area contributed by atoms with Crippen molar-refractivity contribution in [3.63, 3.8) is 0 Å². The molecule has 1 aromatic heterocycles. The van der Waals surface area contributed by atoms with Crippen LogP contribution in [0.3, 0.4) is 0 Å². The fourth-order valence-corrected chi connectivity index (χ4v) is 2.61. The van der Waals surface area contributed by atoms with E-state index in [-0.39, 0.29) is 11.9 Å². The Balaban J connectivity index is 2.91. The van der Waals surface area contributed by atoms with Gasteiger partial charge in [0.05, 0.1) is 5.69 Å². The van der Waals surface area contributed by atoms with Crippen molar-refractivity contribution in [2.24, 2.45) is 0 Å². The third-order valence-electron chi connectivity index (χ3n) is 3.14. The van der Waals surface area contributed by atoms with Crippen molar-refractivity contribution in [2.75, 3.05) is 12.3 Å². The molecular weight excluding hydrogens is 246 g/mol. The maximum atomic E-state index is 12.5. The predicted octanol–water partition coefficient (Wildman–Crippen LogP) is 3.07. The largest absolute Gasteiger partial charge is 0.375 e. The first-order chi connectivity index (χ1) is 8.51. The van der Waals surface area contributed by atoms with Crippen molar-refractivity contribution in [3.05, 3.63) is 10.6 Å². The third kappa shape index (κ3) is 3.45. The summed E-state index contributed by atoms with van der Waals surface area (Å²) in [5, 5.41) is 0.468. The Hall–Kier alpha value is -1.10. The molecule has 0 saturated carbocycles. The molecule has 0 bridgehead atoms. The summed E-state index contributed by atoms with van der Waals surface area (Å²) in [5.41, 5.74) is 6.41. The number of carbonyl (C=O) groups is 1. The van der Waals surface area contributed by atoms with Gasteiger partial charge in [-0.1, -0.05) is 31.6 Å². The van der Waals surface area contributed by atoms with Crippen LogP contribution < -0.4 is 5.73 Å². The molecule has 2 N–H and O–H groups in total. The molecule has 1 aromatic rings. The highest BCUT2D eigenvalue weighted by molar-refractivity contribution is 7.17. The van der Waals surface area contributed by atoms with Crippen LogP contribution in [0.5, 0.6) is 0 Å². The SMILES string of the molecule is CCCCN(C(=O)c1sc(N)nc1C)C(C)CC. The zero-order valence-corrected chi connectivity index (χ0v) is 12.5. The van der Waals surface area contributed by atoms with Gasteiger partial charge in [-0.05, 0) is 26.7 Å². The molecule has 1 atom stereocenters. The summed E-state index contributed by atoms with van der Waals surface area (Å²) in [6.07, 6.45) is 3.08. The Labute approximate surface area is 113 Å². The fraction of sp³-hybridized carbons (Fsp3) is 0.692. The minimum absolute atomic E-state index is 0.0736. The lowest BCUT2D eigenvalue weighted by atomic mass is 10.2. The fourth-order valence-electron chi connectivity index (χ4n) is 1.82. The number of hydrogen-bond donors (Lipinski definition) is 1. The van der Waals surface area contributed by atoms with Crippen molar-refractivity contribution < 1.29 is 4.79 Å². The second kappa shape index (κ2) is 6.73. The number of nitrogens with zero attached hydrogens (tertiary/aromatic N) is 2. The number of anilines is 1. The molecule has 0 aliphatic rings. The van der Waals surface area contributed by atoms with Gasteiger partial charge in [-0.3, -0.25) is 4.79 Å². The van der Waals surface area contributed by atoms with Gasteiger partial charge < -0.3 is 10.6 Å². The molecule has 18 heavy (non-hydrogen) atoms. The van der Waals surface area contributed by atoms with Gasteiger partial charge in [-0.2, -0.15) is 0 Å². The van der Waals surface area contributed by atoms with Crippen molar-refractivity contribution in [1.82, 2.24) is 9.88 Å². The number of unbranched alkanes of at least 4 members (excludes halogenated alkanes) is 1. The molecule has 0 aliphatic heterocycles. The van der Waals surface area contributed by atoms with Gasteiger partial charge >= 0.3 is 0 Å². The molecule has 0 aliphatic carbocycles. The van der Waals surface area contributed by atoms with E-state index in [9.17, 15) is 4.79 Å². The van der Waals surface area contributed by atoms with Crippen LogP contribution in [0.15, 0.2) is 0 Å². The van der Waals surface area contributed by atoms with E-state index in [1.165, 1.54) is 11.3 Å². The Morgan fingerprint density at radius 2 is 2.17 bits per heavy atom. The Morgan fingerprint density at radius 3 is 2.61 bits per heavy atom. The van der Waals surface area contributed by atoms with E-state index in [1.807, 2.05) is 11.8 Å². The number of carbonyl (C=O) groups excluding carboxylic acids is 1. The first-order valence-corrected chi connectivity index (χ1v) is 7.36. The van der Waals surface area contributed by atoms with Crippen LogP contribution >= 0.6 is 11.3 Å². The number of nitrogens with two attached hydrogens (primary N) is 1. The molecule has 1 unspecified atom stereocenters. The second-order valence-corrected chi connectivity index (χ2v) is 5.61. The maximum absolute atomic E-state index is 12.5. The quantitative estimate of drug-likeness (QED) is 0.863. The number of amides is 1. The zero-order valence-electron chi connectivity index (χ0n) is 11.7. The van der Waals surface area contributed by atoms with Crippen LogP contribution in [0.2, 0.25) is 0 Å². The number of aryl methyl sites for hydroxylation is 1. The molecule has 4 nitrogen and oxygen atoms in total. The summed E-state index contributed by atoms with van der Waals surface area (Å²) in [6.45, 7) is 8.98. The highest BCUT2D eigenvalue weighted by Gasteiger charge is 2.23. The van der Waals surface area contributed by atoms with Crippen molar-refractivity contribution in [1.29, 1.82) is 0 Å². The number of hydrogen-bond acceptors (Lipinski definition) is 4. The van der Waals surface area contributed by atoms with Gasteiger partial charge in [0.2, 0.25) is 0 Å². The minimum atomic E-state index is 0.0736. The van der Waals surface area contributed by atoms with Gasteiger partial charge in [-0.15, -0.1) is 0 Å². The van der Waals surface area contributed by atoms with Gasteiger partial charge in [0.25, 0.3) is 5.91 Å². The average molecular weight is 269 g/mol. The van der Waals surface area contributed by atoms with Crippen LogP contribution in [0.4, 0.5) is 5.13 Å². The summed E-state index contributed by atoms with van der Waals surface area (Å²) in [4.78, 5) is 19.3. The van der Waals surface area contributed by atoms with Crippen LogP contribution in [0.25, 0.3) is 0 Å². The van der Waals surface area contributed by atoms with E-state index in [0.717, 1.165) is 31.5 Å². The molecule has 5 heteroatoms. The van der Waals surface area contributed by atoms with Gasteiger partial charge in [0.15, 0.2) is 5.13 Å². The van der Waals surface area contributed by atoms with Gasteiger partial charge in [0, 0.05) is 12.6 Å². The summed E-state index contributed by atoms with van der Waals surface area (Å²) in [5.74, 6) is 0.0736. The highest BCUT2D eigenvalue weighted by Crippen LogP contribution is 2.23. The summed E-state index contributed by atoms with van der Waals surface area (Å²) < 4.78 is 0. The Morgan fingerprint density at radius 1 is 1.50 bits per heavy atom. The van der Waals surface area contributed by atoms with Crippen LogP contribution in [-0.4, -0.2) is 28.4 Å². The predicted molar refractivity (Wildman–Crippen MR) is 77.0 cm³/mol. The van der Waals surface area contributed by atoms with Gasteiger partial charge in [-0.25, -0.2) is 4.98 Å². The molecule has 1 amide bonds. The normalized spacial score (nSPS) is 12.4. The maximum Gasteiger partial charge on any atom is 0.266 e. The standard InChI is InChI=1S/C13H23N3OS/c1-5-7-8-16(9(3)6-2)12(17)11-10(4)15-13(14)18-11/h9H,5-8H2,1-4H3,(H2,14,15).